The first-order valence-corrected chi connectivity index (χ1v) is 13.8. The van der Waals surface area contributed by atoms with Crippen molar-refractivity contribution < 1.29 is 14.3 Å². The van der Waals surface area contributed by atoms with Gasteiger partial charge in [0.05, 0.1) is 35.0 Å². The summed E-state index contributed by atoms with van der Waals surface area (Å²) in [7, 11) is 3.96. The summed E-state index contributed by atoms with van der Waals surface area (Å²) < 4.78 is 7.14. The highest BCUT2D eigenvalue weighted by Crippen LogP contribution is 2.44. The van der Waals surface area contributed by atoms with Crippen molar-refractivity contribution in [3.8, 4) is 0 Å². The molecular weight excluding hydrogens is 504 g/mol. The summed E-state index contributed by atoms with van der Waals surface area (Å²) in [4.78, 5) is 33.2. The molecule has 2 aromatic rings. The van der Waals surface area contributed by atoms with Crippen LogP contribution in [0.2, 0.25) is 0 Å². The number of hydrazine groups is 1. The lowest BCUT2D eigenvalue weighted by Gasteiger charge is -2.30. The average Bonchev–Trinajstić information content (AvgIpc) is 3.62. The Kier molecular flexibility index (Phi) is 8.01. The molecule has 2 aromatic heterocycles. The molecule has 2 aliphatic heterocycles. The smallest absolute Gasteiger partial charge is 0.411 e. The summed E-state index contributed by atoms with van der Waals surface area (Å²) in [6.45, 7) is 3.23. The van der Waals surface area contributed by atoms with Crippen LogP contribution < -0.4 is 16.1 Å². The van der Waals surface area contributed by atoms with Crippen molar-refractivity contribution in [3.63, 3.8) is 0 Å². The third-order valence-electron chi connectivity index (χ3n) is 7.08. The van der Waals surface area contributed by atoms with E-state index in [9.17, 15) is 9.59 Å². The van der Waals surface area contributed by atoms with Gasteiger partial charge < -0.3 is 15.0 Å². The lowest BCUT2D eigenvalue weighted by atomic mass is 9.94. The Morgan fingerprint density at radius 1 is 1.24 bits per heavy atom. The van der Waals surface area contributed by atoms with Crippen LogP contribution in [0.1, 0.15) is 43.4 Å². The summed E-state index contributed by atoms with van der Waals surface area (Å²) in [6.07, 6.45) is 13.0. The number of hydrogen-bond acceptors (Lipinski definition) is 9. The predicted octanol–water partition coefficient (Wildman–Crippen LogP) is 3.65. The summed E-state index contributed by atoms with van der Waals surface area (Å²) in [6, 6.07) is 2.27. The minimum Gasteiger partial charge on any atom is -0.448 e. The summed E-state index contributed by atoms with van der Waals surface area (Å²) in [5, 5.41) is 12.6. The summed E-state index contributed by atoms with van der Waals surface area (Å²) in [5.74, 6) is -0.223. The molecular formula is C26H34N8O3S. The number of fused-ring (bicyclic) bond motifs is 1. The van der Waals surface area contributed by atoms with Crippen molar-refractivity contribution in [2.45, 2.75) is 45.1 Å². The van der Waals surface area contributed by atoms with Crippen molar-refractivity contribution in [1.82, 2.24) is 30.1 Å². The van der Waals surface area contributed by atoms with E-state index in [4.69, 9.17) is 4.74 Å². The van der Waals surface area contributed by atoms with E-state index < -0.39 is 6.09 Å². The highest BCUT2D eigenvalue weighted by Gasteiger charge is 2.32. The highest BCUT2D eigenvalue weighted by molar-refractivity contribution is 8.12. The number of amides is 2. The van der Waals surface area contributed by atoms with Gasteiger partial charge in [0.15, 0.2) is 0 Å². The van der Waals surface area contributed by atoms with Crippen LogP contribution in [-0.2, 0) is 16.6 Å². The molecule has 0 radical (unpaired) electrons. The van der Waals surface area contributed by atoms with E-state index in [1.807, 2.05) is 31.4 Å². The van der Waals surface area contributed by atoms with Crippen molar-refractivity contribution in [3.05, 3.63) is 52.7 Å². The van der Waals surface area contributed by atoms with Gasteiger partial charge in [0.2, 0.25) is 0 Å². The van der Waals surface area contributed by atoms with Crippen molar-refractivity contribution in [2.24, 2.45) is 7.05 Å². The first kappa shape index (κ1) is 26.3. The van der Waals surface area contributed by atoms with Crippen LogP contribution >= 0.6 is 11.8 Å². The molecule has 3 N–H and O–H groups in total. The molecule has 12 heteroatoms. The summed E-state index contributed by atoms with van der Waals surface area (Å²) >= 11 is 1.53. The third-order valence-corrected chi connectivity index (χ3v) is 8.27. The standard InChI is InChI=1S/C26H34N8O3S/c1-17-22(11-19(13-27-17)30-26(36)37-10-9-32(2)20-7-5-4-6-8-20)31-24(35)21-14-29-34-16-23(38-25(21)34)18-12-28-33(3)15-18/h11-13,15-16,20,29H,4-10,14H2,1-3H3,(H,30,36)(H,31,35). The van der Waals surface area contributed by atoms with Crippen molar-refractivity contribution in [2.75, 3.05) is 37.4 Å². The molecule has 2 amide bonds. The lowest BCUT2D eigenvalue weighted by Crippen LogP contribution is -2.36. The molecule has 11 nitrogen and oxygen atoms in total. The Morgan fingerprint density at radius 3 is 2.82 bits per heavy atom. The molecule has 3 aliphatic rings. The van der Waals surface area contributed by atoms with Gasteiger partial charge in [0.1, 0.15) is 11.6 Å². The minimum absolute atomic E-state index is 0.223. The monoisotopic (exact) mass is 538 g/mol. The fourth-order valence-corrected chi connectivity index (χ4v) is 5.94. The van der Waals surface area contributed by atoms with E-state index in [0.717, 1.165) is 15.5 Å². The fourth-order valence-electron chi connectivity index (χ4n) is 4.85. The number of hydrogen-bond donors (Lipinski definition) is 3. The molecule has 5 rings (SSSR count). The van der Waals surface area contributed by atoms with E-state index >= 15 is 0 Å². The number of nitrogens with one attached hydrogen (secondary N) is 3. The molecule has 0 spiro atoms. The number of likely N-dealkylation sites (N-methyl/N-ethyl adjacent to an activating group) is 1. The van der Waals surface area contributed by atoms with Gasteiger partial charge in [0.25, 0.3) is 5.91 Å². The first-order valence-electron chi connectivity index (χ1n) is 12.9. The number of aromatic nitrogens is 3. The van der Waals surface area contributed by atoms with Gasteiger partial charge in [-0.2, -0.15) is 5.10 Å². The Bertz CT molecular complexity index is 1270. The molecule has 4 heterocycles. The lowest BCUT2D eigenvalue weighted by molar-refractivity contribution is -0.112. The molecule has 0 saturated heterocycles. The Balaban J connectivity index is 1.15. The molecule has 0 bridgehead atoms. The van der Waals surface area contributed by atoms with E-state index in [1.165, 1.54) is 43.9 Å². The maximum Gasteiger partial charge on any atom is 0.411 e. The van der Waals surface area contributed by atoms with Gasteiger partial charge in [-0.3, -0.25) is 24.8 Å². The molecule has 1 saturated carbocycles. The maximum absolute atomic E-state index is 13.2. The third kappa shape index (κ3) is 6.03. The van der Waals surface area contributed by atoms with Crippen LogP contribution in [0.15, 0.2) is 41.5 Å². The predicted molar refractivity (Wildman–Crippen MR) is 148 cm³/mol. The number of ether oxygens (including phenoxy) is 1. The fraction of sp³-hybridized carbons (Fsp3) is 0.462. The largest absolute Gasteiger partial charge is 0.448 e. The van der Waals surface area contributed by atoms with Gasteiger partial charge >= 0.3 is 6.09 Å². The second-order valence-corrected chi connectivity index (χ2v) is 10.9. The van der Waals surface area contributed by atoms with Crippen LogP contribution in [0.4, 0.5) is 16.2 Å². The molecule has 1 aliphatic carbocycles. The van der Waals surface area contributed by atoms with Crippen molar-refractivity contribution >= 4 is 40.0 Å². The Labute approximate surface area is 226 Å². The van der Waals surface area contributed by atoms with Gasteiger partial charge in [-0.15, -0.1) is 0 Å². The SMILES string of the molecule is Cc1ncc(NC(=O)OCCN(C)C2CCCCC2)cc1NC(=O)C1=C2SC(c3cnn(C)c3)=CN2NC1. The first-order chi connectivity index (χ1) is 18.4. The Morgan fingerprint density at radius 2 is 2.05 bits per heavy atom. The number of aryl methyl sites for hydroxylation is 2. The maximum atomic E-state index is 13.2. The van der Waals surface area contributed by atoms with E-state index in [-0.39, 0.29) is 5.91 Å². The molecule has 0 atom stereocenters. The number of thioether (sulfide) groups is 1. The van der Waals surface area contributed by atoms with Gasteiger partial charge in [-0.1, -0.05) is 31.0 Å². The van der Waals surface area contributed by atoms with E-state index in [1.54, 1.807) is 23.1 Å². The number of pyridine rings is 1. The molecule has 38 heavy (non-hydrogen) atoms. The zero-order valence-electron chi connectivity index (χ0n) is 22.0. The van der Waals surface area contributed by atoms with Crippen molar-refractivity contribution in [1.29, 1.82) is 0 Å². The van der Waals surface area contributed by atoms with Crippen LogP contribution in [0.5, 0.6) is 0 Å². The van der Waals surface area contributed by atoms with Gasteiger partial charge in [-0.25, -0.2) is 10.2 Å². The zero-order chi connectivity index (χ0) is 26.6. The topological polar surface area (TPSA) is 117 Å². The molecule has 202 valence electrons. The normalized spacial score (nSPS) is 17.6. The molecule has 0 unspecified atom stereocenters. The van der Waals surface area contributed by atoms with Gasteiger partial charge in [0, 0.05) is 49.0 Å². The number of rotatable bonds is 8. The minimum atomic E-state index is -0.540. The molecule has 1 fully saturated rings. The quantitative estimate of drug-likeness (QED) is 0.463. The molecule has 0 aromatic carbocycles. The Hall–Kier alpha value is -3.35. The van der Waals surface area contributed by atoms with Gasteiger partial charge in [-0.05, 0) is 32.9 Å². The number of nitrogens with zero attached hydrogens (tertiary/aromatic N) is 5. The second-order valence-electron chi connectivity index (χ2n) is 9.83. The number of carbonyl (C=O) groups is 2. The van der Waals surface area contributed by atoms with Crippen LogP contribution in [0.3, 0.4) is 0 Å². The van der Waals surface area contributed by atoms with E-state index in [0.29, 0.717) is 48.4 Å². The second kappa shape index (κ2) is 11.6. The summed E-state index contributed by atoms with van der Waals surface area (Å²) in [5.41, 5.74) is 6.47. The average molecular weight is 539 g/mol. The number of anilines is 2. The van der Waals surface area contributed by atoms with Crippen LogP contribution in [0.25, 0.3) is 4.91 Å². The highest BCUT2D eigenvalue weighted by atomic mass is 32.2. The van der Waals surface area contributed by atoms with Crippen LogP contribution in [0, 0.1) is 6.92 Å². The number of carbonyl (C=O) groups excluding carboxylic acids is 2. The van der Waals surface area contributed by atoms with E-state index in [2.05, 4.69) is 38.1 Å². The zero-order valence-corrected chi connectivity index (χ0v) is 22.8. The van der Waals surface area contributed by atoms with Crippen LogP contribution in [-0.4, -0.2) is 69.5 Å².